The number of unbranched alkanes of at least 4 members (excludes halogenated alkanes) is 12. The van der Waals surface area contributed by atoms with Gasteiger partial charge in [0.1, 0.15) is 13.2 Å². The van der Waals surface area contributed by atoms with E-state index >= 15 is 0 Å². The van der Waals surface area contributed by atoms with Gasteiger partial charge in [-0.15, -0.1) is 0 Å². The summed E-state index contributed by atoms with van der Waals surface area (Å²) in [5.74, 6) is -1.12. The fourth-order valence-electron chi connectivity index (χ4n) is 6.80. The highest BCUT2D eigenvalue weighted by molar-refractivity contribution is 5.71. The highest BCUT2D eigenvalue weighted by Crippen LogP contribution is 2.13. The highest BCUT2D eigenvalue weighted by atomic mass is 16.6. The lowest BCUT2D eigenvalue weighted by atomic mass is 10.1. The molecule has 0 fully saturated rings. The second kappa shape index (κ2) is 55.9. The van der Waals surface area contributed by atoms with E-state index in [0.717, 1.165) is 89.9 Å². The van der Waals surface area contributed by atoms with Crippen molar-refractivity contribution in [2.75, 3.05) is 13.2 Å². The van der Waals surface area contributed by atoms with Gasteiger partial charge in [0.05, 0.1) is 0 Å². The van der Waals surface area contributed by atoms with Crippen molar-refractivity contribution in [3.8, 4) is 0 Å². The summed E-state index contributed by atoms with van der Waals surface area (Å²) in [5.41, 5.74) is 0. The first-order valence-electron chi connectivity index (χ1n) is 27.3. The minimum Gasteiger partial charge on any atom is -0.462 e. The van der Waals surface area contributed by atoms with Crippen LogP contribution >= 0.6 is 0 Å². The predicted molar refractivity (Wildman–Crippen MR) is 297 cm³/mol. The van der Waals surface area contributed by atoms with E-state index in [1.165, 1.54) is 70.6 Å². The first-order chi connectivity index (χ1) is 34.0. The predicted octanol–water partition coefficient (Wildman–Crippen LogP) is 18.4. The van der Waals surface area contributed by atoms with Crippen LogP contribution in [0.5, 0.6) is 0 Å². The molecule has 386 valence electrons. The Morgan fingerprint density at radius 2 is 0.594 bits per heavy atom. The monoisotopic (exact) mass is 951 g/mol. The van der Waals surface area contributed by atoms with E-state index in [2.05, 4.69) is 142 Å². The third-order valence-electron chi connectivity index (χ3n) is 10.8. The van der Waals surface area contributed by atoms with E-state index in [1.54, 1.807) is 0 Å². The number of carbonyl (C=O) groups excluding carboxylic acids is 3. The van der Waals surface area contributed by atoms with Crippen LogP contribution in [0.15, 0.2) is 146 Å². The quantitative estimate of drug-likeness (QED) is 0.0262. The molecule has 0 aromatic rings. The first kappa shape index (κ1) is 64.3. The minimum absolute atomic E-state index is 0.147. The summed E-state index contributed by atoms with van der Waals surface area (Å²) < 4.78 is 16.7. The van der Waals surface area contributed by atoms with Crippen molar-refractivity contribution in [3.63, 3.8) is 0 Å². The third kappa shape index (κ3) is 54.1. The maximum atomic E-state index is 12.8. The molecule has 0 aliphatic carbocycles. The Bertz CT molecular complexity index is 1560. The number of hydrogen-bond donors (Lipinski definition) is 0. The molecule has 0 heterocycles. The van der Waals surface area contributed by atoms with Crippen molar-refractivity contribution in [3.05, 3.63) is 146 Å². The molecule has 0 N–H and O–H groups in total. The molecule has 1 unspecified atom stereocenters. The average Bonchev–Trinajstić information content (AvgIpc) is 3.35. The van der Waals surface area contributed by atoms with Crippen molar-refractivity contribution in [1.82, 2.24) is 0 Å². The van der Waals surface area contributed by atoms with Crippen LogP contribution in [0.25, 0.3) is 0 Å². The normalized spacial score (nSPS) is 13.3. The minimum atomic E-state index is -0.846. The van der Waals surface area contributed by atoms with Crippen LogP contribution in [0.2, 0.25) is 0 Å². The summed E-state index contributed by atoms with van der Waals surface area (Å²) in [4.78, 5) is 38.0. The Balaban J connectivity index is 4.58. The van der Waals surface area contributed by atoms with Crippen molar-refractivity contribution in [2.24, 2.45) is 0 Å². The van der Waals surface area contributed by atoms with E-state index in [-0.39, 0.29) is 50.4 Å². The number of hydrogen-bond acceptors (Lipinski definition) is 6. The van der Waals surface area contributed by atoms with E-state index in [0.29, 0.717) is 12.8 Å². The molecule has 0 aromatic carbocycles. The molecule has 0 radical (unpaired) electrons. The molecular weight excluding hydrogens is 853 g/mol. The zero-order valence-electron chi connectivity index (χ0n) is 44.0. The third-order valence-corrected chi connectivity index (χ3v) is 10.8. The number of ether oxygens (including phenoxy) is 3. The summed E-state index contributed by atoms with van der Waals surface area (Å²) in [6.07, 6.45) is 80.0. The molecular formula is C63H98O6. The standard InChI is InChI=1S/C63H98O6/c1-4-7-10-13-16-19-22-25-27-29-31-33-35-38-41-44-47-50-53-56-62(65)68-59-60(58-67-61(64)55-52-49-46-43-40-37-24-21-18-15-12-9-6-3)69-63(66)57-54-51-48-45-42-39-36-34-32-30-28-26-23-20-17-14-11-8-5-2/h7,9-10,12,16-21,25-28,31,33,37-38,40-41,46-47,49-50,60H,4-6,8,11,13-15,22-24,29-30,32,34-36,39,42-45,48,51-59H2,1-3H3/b10-7-,12-9-,19-16-,20-17-,21-18-,27-25-,28-26-,33-31-,40-37-,41-38-,49-46-,50-47-. The zero-order chi connectivity index (χ0) is 50.0. The molecule has 0 spiro atoms. The Morgan fingerprint density at radius 1 is 0.304 bits per heavy atom. The molecule has 0 aromatic heterocycles. The Labute approximate surface area is 423 Å². The molecule has 0 saturated carbocycles. The van der Waals surface area contributed by atoms with Crippen LogP contribution in [0, 0.1) is 0 Å². The molecule has 0 aliphatic rings. The number of rotatable bonds is 47. The first-order valence-corrected chi connectivity index (χ1v) is 27.3. The van der Waals surface area contributed by atoms with Gasteiger partial charge in [0.15, 0.2) is 6.10 Å². The molecule has 6 nitrogen and oxygen atoms in total. The van der Waals surface area contributed by atoms with Gasteiger partial charge >= 0.3 is 17.9 Å². The molecule has 1 atom stereocenters. The van der Waals surface area contributed by atoms with Gasteiger partial charge in [0.25, 0.3) is 0 Å². The van der Waals surface area contributed by atoms with Gasteiger partial charge in [-0.25, -0.2) is 0 Å². The summed E-state index contributed by atoms with van der Waals surface area (Å²) in [6.45, 7) is 6.23. The molecule has 0 bridgehead atoms. The van der Waals surface area contributed by atoms with Crippen LogP contribution in [0.4, 0.5) is 0 Å². The van der Waals surface area contributed by atoms with Gasteiger partial charge in [-0.1, -0.05) is 224 Å². The van der Waals surface area contributed by atoms with Crippen molar-refractivity contribution >= 4 is 17.9 Å². The summed E-state index contributed by atoms with van der Waals surface area (Å²) in [7, 11) is 0. The van der Waals surface area contributed by atoms with Gasteiger partial charge < -0.3 is 14.2 Å². The molecule has 0 aliphatic heterocycles. The fourth-order valence-corrected chi connectivity index (χ4v) is 6.80. The number of allylic oxidation sites excluding steroid dienone is 24. The van der Waals surface area contributed by atoms with E-state index in [1.807, 2.05) is 24.3 Å². The molecule has 6 heteroatoms. The fraction of sp³-hybridized carbons (Fsp3) is 0.571. The van der Waals surface area contributed by atoms with E-state index in [4.69, 9.17) is 14.2 Å². The van der Waals surface area contributed by atoms with Crippen LogP contribution in [0.1, 0.15) is 213 Å². The molecule has 0 amide bonds. The molecule has 0 saturated heterocycles. The van der Waals surface area contributed by atoms with E-state index in [9.17, 15) is 14.4 Å². The smallest absolute Gasteiger partial charge is 0.306 e. The largest absolute Gasteiger partial charge is 0.462 e. The molecule has 69 heavy (non-hydrogen) atoms. The van der Waals surface area contributed by atoms with Gasteiger partial charge in [0.2, 0.25) is 0 Å². The Kier molecular flexibility index (Phi) is 52.1. The van der Waals surface area contributed by atoms with Gasteiger partial charge in [-0.3, -0.25) is 14.4 Å². The van der Waals surface area contributed by atoms with Crippen LogP contribution < -0.4 is 0 Å². The van der Waals surface area contributed by atoms with Crippen LogP contribution in [0.3, 0.4) is 0 Å². The van der Waals surface area contributed by atoms with Gasteiger partial charge in [0, 0.05) is 19.3 Å². The lowest BCUT2D eigenvalue weighted by molar-refractivity contribution is -0.166. The van der Waals surface area contributed by atoms with Crippen molar-refractivity contribution in [2.45, 2.75) is 219 Å². The van der Waals surface area contributed by atoms with Crippen molar-refractivity contribution < 1.29 is 28.6 Å². The molecule has 0 rings (SSSR count). The lowest BCUT2D eigenvalue weighted by Gasteiger charge is -2.18. The Hall–Kier alpha value is -4.71. The van der Waals surface area contributed by atoms with Gasteiger partial charge in [-0.05, 0) is 116 Å². The maximum absolute atomic E-state index is 12.8. The second-order valence-corrected chi connectivity index (χ2v) is 17.4. The SMILES string of the molecule is CC/C=C\C/C=C\C/C=C\C/C=C\C/C=C\C/C=C\CCC(=O)OCC(COC(=O)CC/C=C\C/C=C\C/C=C\C/C=C\CC)OC(=O)CCCCCCCCCCC/C=C\C/C=C\CCCCC. The maximum Gasteiger partial charge on any atom is 0.306 e. The second-order valence-electron chi connectivity index (χ2n) is 17.4. The summed E-state index contributed by atoms with van der Waals surface area (Å²) in [5, 5.41) is 0. The Morgan fingerprint density at radius 3 is 0.942 bits per heavy atom. The zero-order valence-corrected chi connectivity index (χ0v) is 44.0. The van der Waals surface area contributed by atoms with E-state index < -0.39 is 6.10 Å². The summed E-state index contributed by atoms with van der Waals surface area (Å²) >= 11 is 0. The average molecular weight is 951 g/mol. The summed E-state index contributed by atoms with van der Waals surface area (Å²) in [6, 6.07) is 0. The lowest BCUT2D eigenvalue weighted by Crippen LogP contribution is -2.30. The van der Waals surface area contributed by atoms with Crippen LogP contribution in [-0.2, 0) is 28.6 Å². The van der Waals surface area contributed by atoms with Crippen molar-refractivity contribution in [1.29, 1.82) is 0 Å². The topological polar surface area (TPSA) is 78.9 Å². The van der Waals surface area contributed by atoms with Gasteiger partial charge in [-0.2, -0.15) is 0 Å². The number of esters is 3. The highest BCUT2D eigenvalue weighted by Gasteiger charge is 2.19. The van der Waals surface area contributed by atoms with Crippen LogP contribution in [-0.4, -0.2) is 37.2 Å². The number of carbonyl (C=O) groups is 3.